The molecule has 2 aliphatic heterocycles. The van der Waals surface area contributed by atoms with Crippen molar-refractivity contribution in [3.63, 3.8) is 0 Å². The van der Waals surface area contributed by atoms with Crippen molar-refractivity contribution in [2.24, 2.45) is 11.8 Å². The van der Waals surface area contributed by atoms with Gasteiger partial charge >= 0.3 is 12.0 Å². The predicted molar refractivity (Wildman–Crippen MR) is 75.7 cm³/mol. The van der Waals surface area contributed by atoms with Crippen molar-refractivity contribution in [3.05, 3.63) is 0 Å². The number of nitrogens with zero attached hydrogens (tertiary/aromatic N) is 3. The van der Waals surface area contributed by atoms with E-state index in [1.165, 1.54) is 6.92 Å². The Balaban J connectivity index is 1.95. The van der Waals surface area contributed by atoms with Gasteiger partial charge in [-0.2, -0.15) is 0 Å². The summed E-state index contributed by atoms with van der Waals surface area (Å²) in [5.41, 5.74) is 0. The molecular formula is C14H23N3O4. The smallest absolute Gasteiger partial charge is 0.320 e. The molecule has 2 aliphatic rings. The summed E-state index contributed by atoms with van der Waals surface area (Å²) in [6, 6.07) is -0.101. The summed E-state index contributed by atoms with van der Waals surface area (Å²) in [5.74, 6) is -1.30. The van der Waals surface area contributed by atoms with E-state index in [1.807, 2.05) is 6.92 Å². The second kappa shape index (κ2) is 6.32. The minimum absolute atomic E-state index is 0.0212. The Morgan fingerprint density at radius 2 is 1.57 bits per heavy atom. The van der Waals surface area contributed by atoms with Crippen LogP contribution < -0.4 is 0 Å². The number of urea groups is 1. The standard InChI is InChI=1S/C14H23N3O4/c1-10-8-17(9-12(10)13(19)20)14(21)16-5-3-4-15(6-7-16)11(2)18/h10,12H,3-9H2,1-2H3,(H,19,20). The van der Waals surface area contributed by atoms with Gasteiger partial charge in [0.15, 0.2) is 0 Å². The number of likely N-dealkylation sites (tertiary alicyclic amines) is 1. The number of carbonyl (C=O) groups excluding carboxylic acids is 2. The first-order valence-corrected chi connectivity index (χ1v) is 7.42. The van der Waals surface area contributed by atoms with Crippen LogP contribution in [-0.4, -0.2) is 77.0 Å². The molecule has 3 amide bonds. The molecule has 7 heteroatoms. The molecule has 0 spiro atoms. The molecule has 0 saturated carbocycles. The van der Waals surface area contributed by atoms with E-state index >= 15 is 0 Å². The fraction of sp³-hybridized carbons (Fsp3) is 0.786. The van der Waals surface area contributed by atoms with E-state index in [2.05, 4.69) is 0 Å². The second-order valence-electron chi connectivity index (χ2n) is 5.96. The van der Waals surface area contributed by atoms with Gasteiger partial charge in [-0.3, -0.25) is 9.59 Å². The molecule has 0 radical (unpaired) electrons. The summed E-state index contributed by atoms with van der Waals surface area (Å²) in [4.78, 5) is 40.1. The van der Waals surface area contributed by atoms with Gasteiger partial charge in [0.25, 0.3) is 0 Å². The summed E-state index contributed by atoms with van der Waals surface area (Å²) < 4.78 is 0. The molecule has 7 nitrogen and oxygen atoms in total. The SMILES string of the molecule is CC(=O)N1CCCN(C(=O)N2CC(C)C(C(=O)O)C2)CC1. The average Bonchev–Trinajstić information content (AvgIpc) is 2.66. The van der Waals surface area contributed by atoms with Crippen molar-refractivity contribution in [1.29, 1.82) is 0 Å². The first-order valence-electron chi connectivity index (χ1n) is 7.42. The summed E-state index contributed by atoms with van der Waals surface area (Å²) in [5, 5.41) is 9.14. The van der Waals surface area contributed by atoms with E-state index in [9.17, 15) is 14.4 Å². The van der Waals surface area contributed by atoms with Gasteiger partial charge in [0, 0.05) is 46.2 Å². The zero-order chi connectivity index (χ0) is 15.6. The fourth-order valence-electron chi connectivity index (χ4n) is 3.07. The zero-order valence-corrected chi connectivity index (χ0v) is 12.6. The highest BCUT2D eigenvalue weighted by molar-refractivity contribution is 5.78. The van der Waals surface area contributed by atoms with Crippen molar-refractivity contribution in [1.82, 2.24) is 14.7 Å². The van der Waals surface area contributed by atoms with Crippen LogP contribution in [0.5, 0.6) is 0 Å². The minimum atomic E-state index is -0.837. The zero-order valence-electron chi connectivity index (χ0n) is 12.6. The number of carbonyl (C=O) groups is 3. The summed E-state index contributed by atoms with van der Waals surface area (Å²) in [6.07, 6.45) is 0.761. The van der Waals surface area contributed by atoms with E-state index in [1.54, 1.807) is 14.7 Å². The predicted octanol–water partition coefficient (Wildman–Crippen LogP) is 0.313. The first kappa shape index (κ1) is 15.6. The third-order valence-corrected chi connectivity index (χ3v) is 4.41. The number of carboxylic acid groups (broad SMARTS) is 1. The van der Waals surface area contributed by atoms with E-state index < -0.39 is 11.9 Å². The molecule has 2 saturated heterocycles. The van der Waals surface area contributed by atoms with Crippen molar-refractivity contribution in [2.45, 2.75) is 20.3 Å². The summed E-state index contributed by atoms with van der Waals surface area (Å²) in [6.45, 7) is 6.53. The molecule has 0 aromatic carbocycles. The van der Waals surface area contributed by atoms with Crippen LogP contribution in [0.15, 0.2) is 0 Å². The van der Waals surface area contributed by atoms with Crippen LogP contribution >= 0.6 is 0 Å². The molecule has 2 fully saturated rings. The Kier molecular flexibility index (Phi) is 4.69. The highest BCUT2D eigenvalue weighted by Gasteiger charge is 2.38. The maximum Gasteiger partial charge on any atom is 0.320 e. The van der Waals surface area contributed by atoms with Gasteiger partial charge < -0.3 is 19.8 Å². The van der Waals surface area contributed by atoms with Gasteiger partial charge in [-0.25, -0.2) is 4.79 Å². The summed E-state index contributed by atoms with van der Waals surface area (Å²) in [7, 11) is 0. The van der Waals surface area contributed by atoms with Crippen LogP contribution in [0.1, 0.15) is 20.3 Å². The van der Waals surface area contributed by atoms with Crippen molar-refractivity contribution in [2.75, 3.05) is 39.3 Å². The highest BCUT2D eigenvalue weighted by Crippen LogP contribution is 2.24. The number of amides is 3. The van der Waals surface area contributed by atoms with Gasteiger partial charge in [-0.15, -0.1) is 0 Å². The maximum absolute atomic E-state index is 12.5. The second-order valence-corrected chi connectivity index (χ2v) is 5.96. The largest absolute Gasteiger partial charge is 0.481 e. The summed E-state index contributed by atoms with van der Waals surface area (Å²) >= 11 is 0. The lowest BCUT2D eigenvalue weighted by atomic mass is 9.99. The number of hydrogen-bond acceptors (Lipinski definition) is 3. The Morgan fingerprint density at radius 1 is 0.952 bits per heavy atom. The number of rotatable bonds is 1. The molecule has 2 heterocycles. The lowest BCUT2D eigenvalue weighted by Gasteiger charge is -2.27. The molecule has 21 heavy (non-hydrogen) atoms. The molecule has 0 aliphatic carbocycles. The third-order valence-electron chi connectivity index (χ3n) is 4.41. The Labute approximate surface area is 124 Å². The average molecular weight is 297 g/mol. The molecule has 0 bridgehead atoms. The van der Waals surface area contributed by atoms with Crippen LogP contribution in [0.25, 0.3) is 0 Å². The third kappa shape index (κ3) is 3.46. The Morgan fingerprint density at radius 3 is 2.14 bits per heavy atom. The lowest BCUT2D eigenvalue weighted by molar-refractivity contribution is -0.142. The molecule has 2 rings (SSSR count). The van der Waals surface area contributed by atoms with Crippen molar-refractivity contribution in [3.8, 4) is 0 Å². The number of aliphatic carboxylic acids is 1. The van der Waals surface area contributed by atoms with Crippen molar-refractivity contribution >= 4 is 17.9 Å². The van der Waals surface area contributed by atoms with Crippen molar-refractivity contribution < 1.29 is 19.5 Å². The number of carboxylic acids is 1. The van der Waals surface area contributed by atoms with E-state index in [4.69, 9.17) is 5.11 Å². The van der Waals surface area contributed by atoms with E-state index in [0.717, 1.165) is 6.42 Å². The van der Waals surface area contributed by atoms with Gasteiger partial charge in [0.2, 0.25) is 5.91 Å². The lowest BCUT2D eigenvalue weighted by Crippen LogP contribution is -2.44. The normalized spacial score (nSPS) is 26.7. The Hall–Kier alpha value is -1.79. The molecular weight excluding hydrogens is 274 g/mol. The van der Waals surface area contributed by atoms with Gasteiger partial charge in [0.1, 0.15) is 0 Å². The number of hydrogen-bond donors (Lipinski definition) is 1. The maximum atomic E-state index is 12.5. The van der Waals surface area contributed by atoms with Crippen LogP contribution in [0.3, 0.4) is 0 Å². The van der Waals surface area contributed by atoms with Crippen LogP contribution in [0.4, 0.5) is 4.79 Å². The molecule has 0 aromatic rings. The minimum Gasteiger partial charge on any atom is -0.481 e. The van der Waals surface area contributed by atoms with Gasteiger partial charge in [-0.05, 0) is 12.3 Å². The van der Waals surface area contributed by atoms with Crippen LogP contribution in [0.2, 0.25) is 0 Å². The molecule has 1 N–H and O–H groups in total. The monoisotopic (exact) mass is 297 g/mol. The van der Waals surface area contributed by atoms with E-state index in [-0.39, 0.29) is 24.4 Å². The Bertz CT molecular complexity index is 440. The van der Waals surface area contributed by atoms with E-state index in [0.29, 0.717) is 32.7 Å². The highest BCUT2D eigenvalue weighted by atomic mass is 16.4. The fourth-order valence-corrected chi connectivity index (χ4v) is 3.07. The first-order chi connectivity index (χ1) is 9.90. The molecule has 2 atom stereocenters. The van der Waals surface area contributed by atoms with Crippen LogP contribution in [0, 0.1) is 11.8 Å². The van der Waals surface area contributed by atoms with Crippen LogP contribution in [-0.2, 0) is 9.59 Å². The molecule has 118 valence electrons. The van der Waals surface area contributed by atoms with Gasteiger partial charge in [0.05, 0.1) is 5.92 Å². The molecule has 0 aromatic heterocycles. The molecule has 2 unspecified atom stereocenters. The quantitative estimate of drug-likeness (QED) is 0.755. The van der Waals surface area contributed by atoms with Gasteiger partial charge in [-0.1, -0.05) is 6.92 Å². The topological polar surface area (TPSA) is 81.2 Å².